The fourth-order valence-electron chi connectivity index (χ4n) is 3.42. The molecule has 1 aliphatic carbocycles. The van der Waals surface area contributed by atoms with E-state index in [0.717, 1.165) is 35.0 Å². The van der Waals surface area contributed by atoms with Crippen LogP contribution in [-0.2, 0) is 30.0 Å². The van der Waals surface area contributed by atoms with Gasteiger partial charge in [0.1, 0.15) is 10.7 Å². The van der Waals surface area contributed by atoms with Crippen LogP contribution in [0.25, 0.3) is 10.2 Å². The number of carbonyl (C=O) groups excluding carboxylic acids is 1. The standard InChI is InChI=1S/C20H21N3O3S2/c24-10-12-3-1-4-13(9-12)21-17(25)7-8-27-11-16-22-19(26)18-14-5-2-6-15(14)28-20(18)23-16/h1,3-4,9,24H,2,5-8,10-11H2,(H,21,25)(H,22,23,26). The second kappa shape index (κ2) is 8.46. The molecule has 0 spiro atoms. The van der Waals surface area contributed by atoms with Crippen LogP contribution in [0.4, 0.5) is 5.69 Å². The van der Waals surface area contributed by atoms with E-state index in [4.69, 9.17) is 5.11 Å². The first-order chi connectivity index (χ1) is 13.6. The molecule has 6 nitrogen and oxygen atoms in total. The molecule has 0 bridgehead atoms. The molecule has 0 fully saturated rings. The van der Waals surface area contributed by atoms with Crippen LogP contribution < -0.4 is 10.9 Å². The fourth-order valence-corrected chi connectivity index (χ4v) is 5.50. The molecule has 0 unspecified atom stereocenters. The number of hydrogen-bond acceptors (Lipinski definition) is 6. The third-order valence-corrected chi connectivity index (χ3v) is 6.89. The van der Waals surface area contributed by atoms with Crippen LogP contribution in [0.2, 0.25) is 0 Å². The van der Waals surface area contributed by atoms with E-state index in [-0.39, 0.29) is 18.1 Å². The molecule has 8 heteroatoms. The Morgan fingerprint density at radius 3 is 3.11 bits per heavy atom. The molecular formula is C20H21N3O3S2. The summed E-state index contributed by atoms with van der Waals surface area (Å²) in [6.45, 7) is -0.0532. The van der Waals surface area contributed by atoms with Crippen molar-refractivity contribution in [2.24, 2.45) is 0 Å². The van der Waals surface area contributed by atoms with Crippen molar-refractivity contribution in [2.75, 3.05) is 11.1 Å². The number of rotatable bonds is 7. The van der Waals surface area contributed by atoms with Gasteiger partial charge in [0.15, 0.2) is 0 Å². The van der Waals surface area contributed by atoms with Crippen LogP contribution in [-0.4, -0.2) is 26.7 Å². The number of anilines is 1. The van der Waals surface area contributed by atoms with Gasteiger partial charge in [-0.25, -0.2) is 4.98 Å². The van der Waals surface area contributed by atoms with E-state index in [1.165, 1.54) is 10.4 Å². The average molecular weight is 416 g/mol. The number of aromatic amines is 1. The lowest BCUT2D eigenvalue weighted by Gasteiger charge is -2.06. The quantitative estimate of drug-likeness (QED) is 0.515. The number of aliphatic hydroxyl groups is 1. The summed E-state index contributed by atoms with van der Waals surface area (Å²) in [5, 5.41) is 12.8. The van der Waals surface area contributed by atoms with Crippen LogP contribution in [0.1, 0.15) is 34.7 Å². The molecule has 4 rings (SSSR count). The van der Waals surface area contributed by atoms with Gasteiger partial charge in [-0.2, -0.15) is 11.8 Å². The molecule has 0 saturated carbocycles. The lowest BCUT2D eigenvalue weighted by atomic mass is 10.2. The van der Waals surface area contributed by atoms with Gasteiger partial charge in [0.25, 0.3) is 5.56 Å². The highest BCUT2D eigenvalue weighted by atomic mass is 32.2. The van der Waals surface area contributed by atoms with Gasteiger partial charge in [0.05, 0.1) is 17.7 Å². The van der Waals surface area contributed by atoms with Crippen molar-refractivity contribution in [2.45, 2.75) is 38.0 Å². The Morgan fingerprint density at radius 1 is 1.36 bits per heavy atom. The van der Waals surface area contributed by atoms with E-state index < -0.39 is 0 Å². The van der Waals surface area contributed by atoms with Crippen molar-refractivity contribution < 1.29 is 9.90 Å². The Hall–Kier alpha value is -2.16. The first-order valence-electron chi connectivity index (χ1n) is 9.25. The molecule has 2 aromatic heterocycles. The van der Waals surface area contributed by atoms with Gasteiger partial charge in [0, 0.05) is 22.7 Å². The summed E-state index contributed by atoms with van der Waals surface area (Å²) in [6.07, 6.45) is 3.52. The molecular weight excluding hydrogens is 394 g/mol. The molecule has 146 valence electrons. The van der Waals surface area contributed by atoms with E-state index in [2.05, 4.69) is 15.3 Å². The topological polar surface area (TPSA) is 95.1 Å². The van der Waals surface area contributed by atoms with Crippen molar-refractivity contribution >= 4 is 44.9 Å². The lowest BCUT2D eigenvalue weighted by molar-refractivity contribution is -0.115. The number of amides is 1. The van der Waals surface area contributed by atoms with E-state index >= 15 is 0 Å². The van der Waals surface area contributed by atoms with Crippen LogP contribution in [0.3, 0.4) is 0 Å². The number of aryl methyl sites for hydroxylation is 2. The van der Waals surface area contributed by atoms with Crippen LogP contribution in [0.5, 0.6) is 0 Å². The molecule has 2 heterocycles. The Morgan fingerprint density at radius 2 is 2.25 bits per heavy atom. The van der Waals surface area contributed by atoms with E-state index in [1.54, 1.807) is 47.4 Å². The third-order valence-electron chi connectivity index (χ3n) is 4.73. The number of nitrogens with one attached hydrogen (secondary N) is 2. The van der Waals surface area contributed by atoms with Crippen molar-refractivity contribution in [3.8, 4) is 0 Å². The Bertz CT molecular complexity index is 1070. The van der Waals surface area contributed by atoms with Gasteiger partial charge in [-0.3, -0.25) is 9.59 Å². The van der Waals surface area contributed by atoms with Crippen molar-refractivity contribution in [3.63, 3.8) is 0 Å². The second-order valence-corrected chi connectivity index (χ2v) is 8.95. The van der Waals surface area contributed by atoms with Gasteiger partial charge in [0.2, 0.25) is 5.91 Å². The molecule has 1 aliphatic rings. The normalized spacial score (nSPS) is 13.0. The molecule has 0 saturated heterocycles. The predicted octanol–water partition coefficient (Wildman–Crippen LogP) is 3.23. The van der Waals surface area contributed by atoms with Crippen molar-refractivity contribution in [1.82, 2.24) is 9.97 Å². The summed E-state index contributed by atoms with van der Waals surface area (Å²) in [5.74, 6) is 1.79. The van der Waals surface area contributed by atoms with Gasteiger partial charge >= 0.3 is 0 Å². The molecule has 28 heavy (non-hydrogen) atoms. The van der Waals surface area contributed by atoms with Crippen LogP contribution in [0, 0.1) is 0 Å². The lowest BCUT2D eigenvalue weighted by Crippen LogP contribution is -2.13. The van der Waals surface area contributed by atoms with Crippen molar-refractivity contribution in [1.29, 1.82) is 0 Å². The molecule has 3 N–H and O–H groups in total. The maximum Gasteiger partial charge on any atom is 0.259 e. The summed E-state index contributed by atoms with van der Waals surface area (Å²) >= 11 is 3.21. The van der Waals surface area contributed by atoms with Gasteiger partial charge < -0.3 is 15.4 Å². The number of thioether (sulfide) groups is 1. The number of aromatic nitrogens is 2. The van der Waals surface area contributed by atoms with E-state index in [0.29, 0.717) is 29.4 Å². The number of thiophene rings is 1. The highest BCUT2D eigenvalue weighted by Crippen LogP contribution is 2.34. The number of hydrogen-bond donors (Lipinski definition) is 3. The Kier molecular flexibility index (Phi) is 5.79. The molecule has 0 radical (unpaired) electrons. The zero-order chi connectivity index (χ0) is 19.5. The van der Waals surface area contributed by atoms with E-state index in [1.807, 2.05) is 0 Å². The number of H-pyrrole nitrogens is 1. The summed E-state index contributed by atoms with van der Waals surface area (Å²) in [5.41, 5.74) is 2.59. The Balaban J connectivity index is 1.30. The molecule has 1 amide bonds. The first-order valence-corrected chi connectivity index (χ1v) is 11.2. The van der Waals surface area contributed by atoms with Crippen LogP contribution >= 0.6 is 23.1 Å². The van der Waals surface area contributed by atoms with E-state index in [9.17, 15) is 9.59 Å². The number of carbonyl (C=O) groups is 1. The minimum atomic E-state index is -0.0748. The van der Waals surface area contributed by atoms with Crippen molar-refractivity contribution in [3.05, 3.63) is 56.4 Å². The smallest absolute Gasteiger partial charge is 0.259 e. The number of fused-ring (bicyclic) bond motifs is 3. The monoisotopic (exact) mass is 415 g/mol. The maximum atomic E-state index is 12.4. The molecule has 0 atom stereocenters. The average Bonchev–Trinajstić information content (AvgIpc) is 3.26. The van der Waals surface area contributed by atoms with Gasteiger partial charge in [-0.1, -0.05) is 12.1 Å². The zero-order valence-corrected chi connectivity index (χ0v) is 16.9. The fraction of sp³-hybridized carbons (Fsp3) is 0.350. The summed E-state index contributed by atoms with van der Waals surface area (Å²) in [7, 11) is 0. The third kappa shape index (κ3) is 4.14. The number of nitrogens with zero attached hydrogens (tertiary/aromatic N) is 1. The highest BCUT2D eigenvalue weighted by Gasteiger charge is 2.21. The summed E-state index contributed by atoms with van der Waals surface area (Å²) in [4.78, 5) is 34.2. The van der Waals surface area contributed by atoms with Gasteiger partial charge in [-0.15, -0.1) is 11.3 Å². The van der Waals surface area contributed by atoms with Gasteiger partial charge in [-0.05, 0) is 42.5 Å². The highest BCUT2D eigenvalue weighted by molar-refractivity contribution is 7.98. The number of benzene rings is 1. The molecule has 1 aromatic carbocycles. The zero-order valence-electron chi connectivity index (χ0n) is 15.3. The minimum absolute atomic E-state index is 0.0403. The van der Waals surface area contributed by atoms with Crippen LogP contribution in [0.15, 0.2) is 29.1 Å². The largest absolute Gasteiger partial charge is 0.392 e. The molecule has 0 aliphatic heterocycles. The minimum Gasteiger partial charge on any atom is -0.392 e. The second-order valence-electron chi connectivity index (χ2n) is 6.76. The predicted molar refractivity (Wildman–Crippen MR) is 114 cm³/mol. The molecule has 3 aromatic rings. The summed E-state index contributed by atoms with van der Waals surface area (Å²) in [6, 6.07) is 7.16. The summed E-state index contributed by atoms with van der Waals surface area (Å²) < 4.78 is 0. The number of aliphatic hydroxyl groups excluding tert-OH is 1. The Labute approximate surface area is 170 Å². The SMILES string of the molecule is O=C(CCSCc1nc2sc3c(c2c(=O)[nH]1)CCC3)Nc1cccc(CO)c1. The first kappa shape index (κ1) is 19.2. The maximum absolute atomic E-state index is 12.4.